The van der Waals surface area contributed by atoms with E-state index in [-0.39, 0.29) is 0 Å². The molecule has 19 heavy (non-hydrogen) atoms. The molecule has 0 unspecified atom stereocenters. The second kappa shape index (κ2) is 4.49. The van der Waals surface area contributed by atoms with Gasteiger partial charge in [-0.1, -0.05) is 54.6 Å². The van der Waals surface area contributed by atoms with Gasteiger partial charge < -0.3 is 11.6 Å². The summed E-state index contributed by atoms with van der Waals surface area (Å²) in [6.45, 7) is 0. The molecule has 3 rings (SSSR count). The van der Waals surface area contributed by atoms with Crippen LogP contribution in [0.25, 0.3) is 22.4 Å². The van der Waals surface area contributed by atoms with Crippen molar-refractivity contribution in [1.82, 2.24) is 9.66 Å². The minimum absolute atomic E-state index is 0.308. The average Bonchev–Trinajstić information content (AvgIpc) is 2.80. The van der Waals surface area contributed by atoms with Crippen LogP contribution in [-0.4, -0.2) is 9.66 Å². The molecule has 0 fully saturated rings. The van der Waals surface area contributed by atoms with Crippen molar-refractivity contribution in [3.63, 3.8) is 0 Å². The van der Waals surface area contributed by atoms with Crippen molar-refractivity contribution >= 4 is 5.95 Å². The van der Waals surface area contributed by atoms with E-state index in [9.17, 15) is 0 Å². The molecule has 0 saturated heterocycles. The summed E-state index contributed by atoms with van der Waals surface area (Å²) < 4.78 is 1.32. The molecule has 0 bridgehead atoms. The highest BCUT2D eigenvalue weighted by Crippen LogP contribution is 2.24. The Hall–Kier alpha value is -2.75. The third-order valence-electron chi connectivity index (χ3n) is 3.05. The summed E-state index contributed by atoms with van der Waals surface area (Å²) in [5, 5.41) is 0. The van der Waals surface area contributed by atoms with Gasteiger partial charge in [-0.05, 0) is 11.1 Å². The van der Waals surface area contributed by atoms with E-state index < -0.39 is 0 Å². The van der Waals surface area contributed by atoms with Crippen LogP contribution in [-0.2, 0) is 0 Å². The van der Waals surface area contributed by atoms with Crippen molar-refractivity contribution in [3.05, 3.63) is 60.8 Å². The van der Waals surface area contributed by atoms with Crippen LogP contribution in [0, 0.1) is 0 Å². The lowest BCUT2D eigenvalue weighted by Gasteiger charge is -2.02. The van der Waals surface area contributed by atoms with Crippen LogP contribution in [0.4, 0.5) is 5.95 Å². The fourth-order valence-corrected chi connectivity index (χ4v) is 2.01. The number of benzene rings is 2. The third-order valence-corrected chi connectivity index (χ3v) is 3.05. The van der Waals surface area contributed by atoms with Crippen LogP contribution < -0.4 is 11.6 Å². The molecule has 0 amide bonds. The maximum absolute atomic E-state index is 5.63. The molecule has 0 atom stereocenters. The van der Waals surface area contributed by atoms with Crippen LogP contribution in [0.3, 0.4) is 0 Å². The molecule has 3 aromatic rings. The fraction of sp³-hybridized carbons (Fsp3) is 0. The lowest BCUT2D eigenvalue weighted by atomic mass is 10.0. The van der Waals surface area contributed by atoms with Gasteiger partial charge in [-0.2, -0.15) is 0 Å². The molecule has 0 spiro atoms. The number of nitrogen functional groups attached to an aromatic ring is 2. The topological polar surface area (TPSA) is 69.9 Å². The summed E-state index contributed by atoms with van der Waals surface area (Å²) in [5.41, 5.74) is 9.76. The van der Waals surface area contributed by atoms with Crippen LogP contribution in [0.15, 0.2) is 60.8 Å². The first-order valence-electron chi connectivity index (χ1n) is 6.00. The maximum Gasteiger partial charge on any atom is 0.219 e. The van der Waals surface area contributed by atoms with Crippen molar-refractivity contribution in [3.8, 4) is 22.4 Å². The van der Waals surface area contributed by atoms with Crippen molar-refractivity contribution in [2.24, 2.45) is 0 Å². The minimum atomic E-state index is 0.308. The molecule has 0 aliphatic rings. The number of nitrogens with zero attached hydrogens (tertiary/aromatic N) is 2. The Bertz CT molecular complexity index is 664. The van der Waals surface area contributed by atoms with Gasteiger partial charge in [0.2, 0.25) is 5.95 Å². The predicted molar refractivity (Wildman–Crippen MR) is 77.7 cm³/mol. The molecule has 0 aliphatic carbocycles. The number of rotatable bonds is 2. The molecule has 4 heteroatoms. The molecular weight excluding hydrogens is 236 g/mol. The predicted octanol–water partition coefficient (Wildman–Crippen LogP) is 2.51. The fourth-order valence-electron chi connectivity index (χ4n) is 2.01. The Morgan fingerprint density at radius 3 is 1.95 bits per heavy atom. The van der Waals surface area contributed by atoms with Gasteiger partial charge in [-0.15, -0.1) is 0 Å². The van der Waals surface area contributed by atoms with Gasteiger partial charge in [0.15, 0.2) is 0 Å². The lowest BCUT2D eigenvalue weighted by Crippen LogP contribution is -2.09. The summed E-state index contributed by atoms with van der Waals surface area (Å²) in [6, 6.07) is 18.4. The highest BCUT2D eigenvalue weighted by molar-refractivity contribution is 5.69. The van der Waals surface area contributed by atoms with E-state index in [4.69, 9.17) is 11.6 Å². The van der Waals surface area contributed by atoms with Crippen molar-refractivity contribution in [2.75, 3.05) is 11.6 Å². The second-order valence-corrected chi connectivity index (χ2v) is 4.33. The number of imidazole rings is 1. The van der Waals surface area contributed by atoms with E-state index in [1.54, 1.807) is 6.20 Å². The Labute approximate surface area is 111 Å². The van der Waals surface area contributed by atoms with E-state index in [0.717, 1.165) is 11.3 Å². The smallest absolute Gasteiger partial charge is 0.219 e. The molecule has 0 radical (unpaired) electrons. The maximum atomic E-state index is 5.63. The molecule has 1 aromatic heterocycles. The monoisotopic (exact) mass is 250 g/mol. The molecule has 2 aromatic carbocycles. The number of anilines is 1. The summed E-state index contributed by atoms with van der Waals surface area (Å²) >= 11 is 0. The van der Waals surface area contributed by atoms with E-state index in [0.29, 0.717) is 5.95 Å². The zero-order valence-electron chi connectivity index (χ0n) is 10.3. The number of hydrogen-bond donors (Lipinski definition) is 2. The first-order valence-corrected chi connectivity index (χ1v) is 6.00. The van der Waals surface area contributed by atoms with Crippen molar-refractivity contribution in [1.29, 1.82) is 0 Å². The number of hydrogen-bond acceptors (Lipinski definition) is 3. The Kier molecular flexibility index (Phi) is 2.68. The first-order chi connectivity index (χ1) is 9.24. The third kappa shape index (κ3) is 2.15. The van der Waals surface area contributed by atoms with Gasteiger partial charge >= 0.3 is 0 Å². The standard InChI is InChI=1S/C15H14N4/c16-15-18-14(10-19(15)17)13-8-6-12(7-9-13)11-4-2-1-3-5-11/h1-10H,17H2,(H2,16,18). The highest BCUT2D eigenvalue weighted by atomic mass is 15.3. The van der Waals surface area contributed by atoms with E-state index in [2.05, 4.69) is 29.2 Å². The number of nitrogens with two attached hydrogens (primary N) is 2. The summed E-state index contributed by atoms with van der Waals surface area (Å²) in [4.78, 5) is 4.20. The molecule has 1 heterocycles. The van der Waals surface area contributed by atoms with Crippen molar-refractivity contribution < 1.29 is 0 Å². The molecule has 0 aliphatic heterocycles. The van der Waals surface area contributed by atoms with Crippen molar-refractivity contribution in [2.45, 2.75) is 0 Å². The van der Waals surface area contributed by atoms with Crippen LogP contribution in [0.2, 0.25) is 0 Å². The van der Waals surface area contributed by atoms with E-state index >= 15 is 0 Å². The largest absolute Gasteiger partial charge is 0.368 e. The first kappa shape index (κ1) is 11.3. The van der Waals surface area contributed by atoms with E-state index in [1.165, 1.54) is 15.8 Å². The highest BCUT2D eigenvalue weighted by Gasteiger charge is 2.05. The SMILES string of the molecule is Nc1nc(-c2ccc(-c3ccccc3)cc2)cn1N. The lowest BCUT2D eigenvalue weighted by molar-refractivity contribution is 1.02. The molecule has 94 valence electrons. The molecule has 0 saturated carbocycles. The van der Waals surface area contributed by atoms with Gasteiger partial charge in [0.25, 0.3) is 0 Å². The normalized spacial score (nSPS) is 10.5. The van der Waals surface area contributed by atoms with E-state index in [1.807, 2.05) is 30.3 Å². The van der Waals surface area contributed by atoms with Gasteiger partial charge in [0.1, 0.15) is 0 Å². The zero-order chi connectivity index (χ0) is 13.2. The Balaban J connectivity index is 1.95. The average molecular weight is 250 g/mol. The van der Waals surface area contributed by atoms with Gasteiger partial charge in [-0.3, -0.25) is 0 Å². The second-order valence-electron chi connectivity index (χ2n) is 4.33. The van der Waals surface area contributed by atoms with Gasteiger partial charge in [0.05, 0.1) is 11.9 Å². The summed E-state index contributed by atoms with van der Waals surface area (Å²) in [7, 11) is 0. The molecular formula is C15H14N4. The minimum Gasteiger partial charge on any atom is -0.368 e. The van der Waals surface area contributed by atoms with Crippen LogP contribution in [0.1, 0.15) is 0 Å². The molecule has 4 N–H and O–H groups in total. The van der Waals surface area contributed by atoms with Gasteiger partial charge in [-0.25, -0.2) is 9.66 Å². The van der Waals surface area contributed by atoms with Gasteiger partial charge in [0, 0.05) is 5.56 Å². The van der Waals surface area contributed by atoms with Crippen LogP contribution in [0.5, 0.6) is 0 Å². The summed E-state index contributed by atoms with van der Waals surface area (Å²) in [6.07, 6.45) is 1.72. The number of aromatic nitrogens is 2. The molecule has 4 nitrogen and oxygen atoms in total. The quantitative estimate of drug-likeness (QED) is 0.686. The zero-order valence-corrected chi connectivity index (χ0v) is 10.3. The Morgan fingerprint density at radius 1 is 0.789 bits per heavy atom. The summed E-state index contributed by atoms with van der Waals surface area (Å²) in [5.74, 6) is 5.94. The Morgan fingerprint density at radius 2 is 1.37 bits per heavy atom. The van der Waals surface area contributed by atoms with Crippen LogP contribution >= 0.6 is 0 Å².